The van der Waals surface area contributed by atoms with Gasteiger partial charge in [-0.1, -0.05) is 24.3 Å². The average Bonchev–Trinajstić information content (AvgIpc) is 3.39. The van der Waals surface area contributed by atoms with E-state index in [0.717, 1.165) is 85.5 Å². The van der Waals surface area contributed by atoms with E-state index in [9.17, 15) is 4.79 Å². The molecule has 2 aromatic heterocycles. The molecule has 0 aliphatic carbocycles. The Balaban J connectivity index is 1.31. The molecule has 0 radical (unpaired) electrons. The first-order valence-electron chi connectivity index (χ1n) is 13.4. The second kappa shape index (κ2) is 11.8. The van der Waals surface area contributed by atoms with Crippen LogP contribution in [0.2, 0.25) is 0 Å². The minimum Gasteiger partial charge on any atom is -0.385 e. The van der Waals surface area contributed by atoms with Crippen molar-refractivity contribution in [2.45, 2.75) is 12.8 Å². The molecule has 1 aliphatic rings. The quantitative estimate of drug-likeness (QED) is 0.315. The molecule has 38 heavy (non-hydrogen) atoms. The van der Waals surface area contributed by atoms with Crippen LogP contribution in [0.25, 0.3) is 33.3 Å². The third-order valence-corrected chi connectivity index (χ3v) is 7.48. The summed E-state index contributed by atoms with van der Waals surface area (Å²) in [5.74, 6) is 0.0388. The van der Waals surface area contributed by atoms with Gasteiger partial charge < -0.3 is 24.4 Å². The Hall–Kier alpha value is -3.68. The molecule has 0 saturated carbocycles. The van der Waals surface area contributed by atoms with Crippen molar-refractivity contribution in [3.8, 4) is 22.3 Å². The van der Waals surface area contributed by atoms with E-state index >= 15 is 0 Å². The molecule has 0 bridgehead atoms. The van der Waals surface area contributed by atoms with Crippen LogP contribution in [0.1, 0.15) is 23.2 Å². The summed E-state index contributed by atoms with van der Waals surface area (Å²) >= 11 is 0. The standard InChI is InChI=1S/C31H37N5O2/c1-34-15-17-36(18-16-34)27-12-10-23(11-13-27)26-20-28-29(22-33-30(28)32-21-26)24-6-8-25(9-7-24)31(37)35(2)14-4-5-19-38-3/h6-13,20-22H,4-5,14-19H2,1-3H3,(H,32,33). The number of pyridine rings is 1. The normalized spacial score (nSPS) is 14.2. The molecule has 1 N–H and O–H groups in total. The van der Waals surface area contributed by atoms with Crippen LogP contribution in [0.3, 0.4) is 0 Å². The highest BCUT2D eigenvalue weighted by atomic mass is 16.5. The number of nitrogens with one attached hydrogen (secondary N) is 1. The van der Waals surface area contributed by atoms with Gasteiger partial charge in [-0.2, -0.15) is 0 Å². The summed E-state index contributed by atoms with van der Waals surface area (Å²) < 4.78 is 5.10. The number of rotatable bonds is 9. The van der Waals surface area contributed by atoms with Crippen LogP contribution in [-0.4, -0.2) is 86.2 Å². The smallest absolute Gasteiger partial charge is 0.253 e. The molecule has 0 unspecified atom stereocenters. The summed E-state index contributed by atoms with van der Waals surface area (Å²) in [5.41, 5.74) is 7.20. The van der Waals surface area contributed by atoms with Crippen LogP contribution in [0.15, 0.2) is 67.0 Å². The van der Waals surface area contributed by atoms with Gasteiger partial charge in [0.05, 0.1) is 0 Å². The number of aromatic nitrogens is 2. The zero-order valence-electron chi connectivity index (χ0n) is 22.6. The van der Waals surface area contributed by atoms with Gasteiger partial charge in [-0.25, -0.2) is 4.98 Å². The molecule has 1 aliphatic heterocycles. The summed E-state index contributed by atoms with van der Waals surface area (Å²) in [5, 5.41) is 1.07. The zero-order valence-corrected chi connectivity index (χ0v) is 22.6. The lowest BCUT2D eigenvalue weighted by Gasteiger charge is -2.34. The van der Waals surface area contributed by atoms with Gasteiger partial charge in [-0.15, -0.1) is 0 Å². The second-order valence-corrected chi connectivity index (χ2v) is 10.2. The van der Waals surface area contributed by atoms with Gasteiger partial charge in [0.1, 0.15) is 5.65 Å². The first-order valence-corrected chi connectivity index (χ1v) is 13.4. The summed E-state index contributed by atoms with van der Waals surface area (Å²) in [4.78, 5) is 27.4. The highest BCUT2D eigenvalue weighted by molar-refractivity contribution is 5.98. The molecule has 7 heteroatoms. The lowest BCUT2D eigenvalue weighted by Crippen LogP contribution is -2.44. The molecular weight excluding hydrogens is 474 g/mol. The number of hydrogen-bond acceptors (Lipinski definition) is 5. The Kier molecular flexibility index (Phi) is 8.05. The van der Waals surface area contributed by atoms with Gasteiger partial charge in [-0.05, 0) is 61.3 Å². The Morgan fingerprint density at radius 2 is 1.68 bits per heavy atom. The molecular formula is C31H37N5O2. The summed E-state index contributed by atoms with van der Waals surface area (Å²) in [6.45, 7) is 5.76. The average molecular weight is 512 g/mol. The first kappa shape index (κ1) is 25.9. The van der Waals surface area contributed by atoms with E-state index in [1.165, 1.54) is 5.69 Å². The van der Waals surface area contributed by atoms with E-state index in [-0.39, 0.29) is 5.91 Å². The van der Waals surface area contributed by atoms with Gasteiger partial charge in [0, 0.05) is 93.6 Å². The van der Waals surface area contributed by atoms with Gasteiger partial charge in [-0.3, -0.25) is 4.79 Å². The highest BCUT2D eigenvalue weighted by Gasteiger charge is 2.16. The number of piperazine rings is 1. The monoisotopic (exact) mass is 511 g/mol. The van der Waals surface area contributed by atoms with E-state index in [1.807, 2.05) is 43.7 Å². The predicted molar refractivity (Wildman–Crippen MR) is 155 cm³/mol. The van der Waals surface area contributed by atoms with Gasteiger partial charge in [0.2, 0.25) is 0 Å². The minimum atomic E-state index is 0.0388. The lowest BCUT2D eigenvalue weighted by atomic mass is 10.0. The Morgan fingerprint density at radius 1 is 0.974 bits per heavy atom. The van der Waals surface area contributed by atoms with Crippen molar-refractivity contribution in [1.29, 1.82) is 0 Å². The molecule has 1 fully saturated rings. The number of likely N-dealkylation sites (N-methyl/N-ethyl adjacent to an activating group) is 1. The van der Waals surface area contributed by atoms with E-state index in [4.69, 9.17) is 9.72 Å². The number of carbonyl (C=O) groups excluding carboxylic acids is 1. The van der Waals surface area contributed by atoms with Gasteiger partial charge in [0.25, 0.3) is 5.91 Å². The van der Waals surface area contributed by atoms with E-state index in [2.05, 4.69) is 52.2 Å². The Bertz CT molecular complexity index is 1360. The third-order valence-electron chi connectivity index (χ3n) is 7.48. The Labute approximate surface area is 225 Å². The number of amides is 1. The van der Waals surface area contributed by atoms with Crippen molar-refractivity contribution in [3.63, 3.8) is 0 Å². The van der Waals surface area contributed by atoms with Crippen LogP contribution in [0, 0.1) is 0 Å². The maximum absolute atomic E-state index is 12.8. The molecule has 198 valence electrons. The van der Waals surface area contributed by atoms with Crippen LogP contribution in [0.4, 0.5) is 5.69 Å². The number of fused-ring (bicyclic) bond motifs is 1. The van der Waals surface area contributed by atoms with Crippen molar-refractivity contribution in [2.75, 3.05) is 65.4 Å². The number of methoxy groups -OCH3 is 1. The fraction of sp³-hybridized carbons (Fsp3) is 0.355. The van der Waals surface area contributed by atoms with Crippen LogP contribution in [0.5, 0.6) is 0 Å². The van der Waals surface area contributed by atoms with E-state index < -0.39 is 0 Å². The Morgan fingerprint density at radius 3 is 2.39 bits per heavy atom. The van der Waals surface area contributed by atoms with Gasteiger partial charge >= 0.3 is 0 Å². The van der Waals surface area contributed by atoms with Crippen molar-refractivity contribution < 1.29 is 9.53 Å². The van der Waals surface area contributed by atoms with E-state index in [0.29, 0.717) is 5.56 Å². The molecule has 3 heterocycles. The number of benzene rings is 2. The fourth-order valence-corrected chi connectivity index (χ4v) is 5.04. The number of aromatic amines is 1. The lowest BCUT2D eigenvalue weighted by molar-refractivity contribution is 0.0788. The SMILES string of the molecule is COCCCCN(C)C(=O)c1ccc(-c2c[nH]c3ncc(-c4ccc(N5CCN(C)CC5)cc4)cc23)cc1. The van der Waals surface area contributed by atoms with Crippen molar-refractivity contribution in [1.82, 2.24) is 19.8 Å². The number of unbranched alkanes of at least 4 members (excludes halogenated alkanes) is 1. The minimum absolute atomic E-state index is 0.0388. The van der Waals surface area contributed by atoms with Crippen molar-refractivity contribution in [3.05, 3.63) is 72.6 Å². The van der Waals surface area contributed by atoms with Crippen LogP contribution in [-0.2, 0) is 4.74 Å². The zero-order chi connectivity index (χ0) is 26.5. The fourth-order valence-electron chi connectivity index (χ4n) is 5.04. The molecule has 5 rings (SSSR count). The van der Waals surface area contributed by atoms with Crippen molar-refractivity contribution in [2.24, 2.45) is 0 Å². The maximum Gasteiger partial charge on any atom is 0.253 e. The molecule has 1 amide bonds. The number of ether oxygens (including phenoxy) is 1. The van der Waals surface area contributed by atoms with Crippen molar-refractivity contribution >= 4 is 22.6 Å². The van der Waals surface area contributed by atoms with Gasteiger partial charge in [0.15, 0.2) is 0 Å². The largest absolute Gasteiger partial charge is 0.385 e. The van der Waals surface area contributed by atoms with Crippen LogP contribution < -0.4 is 4.90 Å². The number of carbonyl (C=O) groups is 1. The maximum atomic E-state index is 12.8. The summed E-state index contributed by atoms with van der Waals surface area (Å²) in [7, 11) is 5.74. The number of H-pyrrole nitrogens is 1. The molecule has 2 aromatic carbocycles. The molecule has 0 atom stereocenters. The topological polar surface area (TPSA) is 64.7 Å². The molecule has 0 spiro atoms. The third kappa shape index (κ3) is 5.74. The number of anilines is 1. The first-order chi connectivity index (χ1) is 18.5. The summed E-state index contributed by atoms with van der Waals surface area (Å²) in [6.07, 6.45) is 5.80. The van der Waals surface area contributed by atoms with Crippen LogP contribution >= 0.6 is 0 Å². The molecule has 4 aromatic rings. The predicted octanol–water partition coefficient (Wildman–Crippen LogP) is 5.15. The molecule has 7 nitrogen and oxygen atoms in total. The summed E-state index contributed by atoms with van der Waals surface area (Å²) in [6, 6.07) is 18.9. The highest BCUT2D eigenvalue weighted by Crippen LogP contribution is 2.32. The van der Waals surface area contributed by atoms with E-state index in [1.54, 1.807) is 12.0 Å². The second-order valence-electron chi connectivity index (χ2n) is 10.2. The number of hydrogen-bond donors (Lipinski definition) is 1. The number of nitrogens with zero attached hydrogens (tertiary/aromatic N) is 4. The molecule has 1 saturated heterocycles.